The standard InChI is InChI=1S/C15H20N2S/c1-4-9-16-14(15-12(3)17-10-18-15)13-8-6-5-7-11(13)2/h5-8,10,14,16H,4,9H2,1-3H3. The largest absolute Gasteiger partial charge is 0.306 e. The molecule has 0 aliphatic heterocycles. The summed E-state index contributed by atoms with van der Waals surface area (Å²) >= 11 is 1.74. The quantitative estimate of drug-likeness (QED) is 0.883. The Morgan fingerprint density at radius 1 is 1.28 bits per heavy atom. The Morgan fingerprint density at radius 3 is 2.67 bits per heavy atom. The number of aromatic nitrogens is 1. The molecule has 1 heterocycles. The van der Waals surface area contributed by atoms with Crippen LogP contribution in [-0.2, 0) is 0 Å². The van der Waals surface area contributed by atoms with E-state index in [9.17, 15) is 0 Å². The van der Waals surface area contributed by atoms with Crippen LogP contribution < -0.4 is 5.32 Å². The highest BCUT2D eigenvalue weighted by Crippen LogP contribution is 2.29. The van der Waals surface area contributed by atoms with Crippen LogP contribution in [0.15, 0.2) is 29.8 Å². The van der Waals surface area contributed by atoms with Gasteiger partial charge in [-0.1, -0.05) is 31.2 Å². The van der Waals surface area contributed by atoms with Crippen molar-refractivity contribution in [3.63, 3.8) is 0 Å². The van der Waals surface area contributed by atoms with Crippen molar-refractivity contribution in [1.29, 1.82) is 0 Å². The van der Waals surface area contributed by atoms with Crippen LogP contribution in [0.3, 0.4) is 0 Å². The van der Waals surface area contributed by atoms with Crippen molar-refractivity contribution in [3.05, 3.63) is 51.5 Å². The van der Waals surface area contributed by atoms with Crippen LogP contribution in [0.1, 0.15) is 41.1 Å². The molecule has 2 rings (SSSR count). The SMILES string of the molecule is CCCNC(c1ccccc1C)c1scnc1C. The Kier molecular flexibility index (Phi) is 4.50. The van der Waals surface area contributed by atoms with E-state index in [0.29, 0.717) is 0 Å². The van der Waals surface area contributed by atoms with E-state index in [-0.39, 0.29) is 6.04 Å². The number of hydrogen-bond acceptors (Lipinski definition) is 3. The number of benzene rings is 1. The molecular weight excluding hydrogens is 240 g/mol. The summed E-state index contributed by atoms with van der Waals surface area (Å²) in [5.41, 5.74) is 5.76. The second-order valence-electron chi connectivity index (χ2n) is 4.55. The topological polar surface area (TPSA) is 24.9 Å². The average molecular weight is 260 g/mol. The number of nitrogens with one attached hydrogen (secondary N) is 1. The summed E-state index contributed by atoms with van der Waals surface area (Å²) in [6.45, 7) is 7.48. The smallest absolute Gasteiger partial charge is 0.0798 e. The van der Waals surface area contributed by atoms with Gasteiger partial charge in [-0.15, -0.1) is 11.3 Å². The molecule has 1 aromatic carbocycles. The van der Waals surface area contributed by atoms with Gasteiger partial charge in [0.15, 0.2) is 0 Å². The van der Waals surface area contributed by atoms with Crippen LogP contribution >= 0.6 is 11.3 Å². The van der Waals surface area contributed by atoms with E-state index in [2.05, 4.69) is 55.3 Å². The fraction of sp³-hybridized carbons (Fsp3) is 0.400. The lowest BCUT2D eigenvalue weighted by Crippen LogP contribution is -2.23. The molecule has 0 bridgehead atoms. The van der Waals surface area contributed by atoms with Gasteiger partial charge in [0.05, 0.1) is 17.2 Å². The third-order valence-electron chi connectivity index (χ3n) is 3.14. The molecule has 1 atom stereocenters. The lowest BCUT2D eigenvalue weighted by atomic mass is 9.99. The second-order valence-corrected chi connectivity index (χ2v) is 5.43. The number of aryl methyl sites for hydroxylation is 2. The van der Waals surface area contributed by atoms with Gasteiger partial charge in [-0.2, -0.15) is 0 Å². The predicted octanol–water partition coefficient (Wildman–Crippen LogP) is 3.85. The van der Waals surface area contributed by atoms with E-state index in [1.54, 1.807) is 11.3 Å². The summed E-state index contributed by atoms with van der Waals surface area (Å²) in [5, 5.41) is 3.64. The molecule has 1 N–H and O–H groups in total. The molecule has 2 nitrogen and oxygen atoms in total. The van der Waals surface area contributed by atoms with Crippen molar-refractivity contribution >= 4 is 11.3 Å². The zero-order valence-electron chi connectivity index (χ0n) is 11.2. The first-order valence-electron chi connectivity index (χ1n) is 6.43. The molecule has 0 fully saturated rings. The van der Waals surface area contributed by atoms with E-state index in [1.165, 1.54) is 16.0 Å². The van der Waals surface area contributed by atoms with Gasteiger partial charge in [0.1, 0.15) is 0 Å². The first-order valence-corrected chi connectivity index (χ1v) is 7.31. The first-order chi connectivity index (χ1) is 8.74. The Bertz CT molecular complexity index is 505. The van der Waals surface area contributed by atoms with Crippen LogP contribution in [0.25, 0.3) is 0 Å². The number of nitrogens with zero attached hydrogens (tertiary/aromatic N) is 1. The highest BCUT2D eigenvalue weighted by Gasteiger charge is 2.18. The maximum Gasteiger partial charge on any atom is 0.0798 e. The Labute approximate surface area is 113 Å². The molecule has 1 aromatic heterocycles. The van der Waals surface area contributed by atoms with Gasteiger partial charge < -0.3 is 5.32 Å². The molecule has 0 saturated carbocycles. The second kappa shape index (κ2) is 6.12. The van der Waals surface area contributed by atoms with Crippen LogP contribution in [0.5, 0.6) is 0 Å². The van der Waals surface area contributed by atoms with E-state index in [0.717, 1.165) is 18.7 Å². The fourth-order valence-electron chi connectivity index (χ4n) is 2.13. The molecule has 2 aromatic rings. The molecule has 18 heavy (non-hydrogen) atoms. The maximum atomic E-state index is 4.38. The minimum Gasteiger partial charge on any atom is -0.306 e. The Morgan fingerprint density at radius 2 is 2.06 bits per heavy atom. The van der Waals surface area contributed by atoms with Crippen molar-refractivity contribution in [1.82, 2.24) is 10.3 Å². The van der Waals surface area contributed by atoms with Crippen molar-refractivity contribution < 1.29 is 0 Å². The number of hydrogen-bond donors (Lipinski definition) is 1. The summed E-state index contributed by atoms with van der Waals surface area (Å²) in [5.74, 6) is 0. The minimum absolute atomic E-state index is 0.277. The molecule has 96 valence electrons. The van der Waals surface area contributed by atoms with E-state index in [1.807, 2.05) is 5.51 Å². The van der Waals surface area contributed by atoms with Crippen LogP contribution in [0, 0.1) is 13.8 Å². The van der Waals surface area contributed by atoms with Crippen molar-refractivity contribution in [2.75, 3.05) is 6.54 Å². The summed E-state index contributed by atoms with van der Waals surface area (Å²) in [6, 6.07) is 8.86. The summed E-state index contributed by atoms with van der Waals surface area (Å²) in [6.07, 6.45) is 1.14. The van der Waals surface area contributed by atoms with Gasteiger partial charge in [0, 0.05) is 4.88 Å². The lowest BCUT2D eigenvalue weighted by Gasteiger charge is -2.20. The third-order valence-corrected chi connectivity index (χ3v) is 4.14. The minimum atomic E-state index is 0.277. The van der Waals surface area contributed by atoms with Crippen LogP contribution in [0.2, 0.25) is 0 Å². The molecule has 0 aliphatic rings. The van der Waals surface area contributed by atoms with Crippen molar-refractivity contribution in [2.45, 2.75) is 33.2 Å². The monoisotopic (exact) mass is 260 g/mol. The highest BCUT2D eigenvalue weighted by molar-refractivity contribution is 7.09. The third kappa shape index (κ3) is 2.79. The van der Waals surface area contributed by atoms with Gasteiger partial charge in [0.25, 0.3) is 0 Å². The lowest BCUT2D eigenvalue weighted by molar-refractivity contribution is 0.600. The molecule has 0 spiro atoms. The van der Waals surface area contributed by atoms with Gasteiger partial charge in [0.2, 0.25) is 0 Å². The average Bonchev–Trinajstić information content (AvgIpc) is 2.78. The number of rotatable bonds is 5. The van der Waals surface area contributed by atoms with Gasteiger partial charge >= 0.3 is 0 Å². The molecular formula is C15H20N2S. The first kappa shape index (κ1) is 13.2. The summed E-state index contributed by atoms with van der Waals surface area (Å²) in [4.78, 5) is 5.71. The normalized spacial score (nSPS) is 12.6. The van der Waals surface area contributed by atoms with E-state index in [4.69, 9.17) is 0 Å². The fourth-order valence-corrected chi connectivity index (χ4v) is 3.03. The van der Waals surface area contributed by atoms with Crippen LogP contribution in [-0.4, -0.2) is 11.5 Å². The molecule has 0 amide bonds. The van der Waals surface area contributed by atoms with E-state index >= 15 is 0 Å². The molecule has 1 unspecified atom stereocenters. The van der Waals surface area contributed by atoms with Gasteiger partial charge in [-0.25, -0.2) is 4.98 Å². The van der Waals surface area contributed by atoms with Gasteiger partial charge in [-0.05, 0) is 37.9 Å². The highest BCUT2D eigenvalue weighted by atomic mass is 32.1. The zero-order valence-corrected chi connectivity index (χ0v) is 12.1. The zero-order chi connectivity index (χ0) is 13.0. The number of thiazole rings is 1. The van der Waals surface area contributed by atoms with Crippen LogP contribution in [0.4, 0.5) is 0 Å². The Balaban J connectivity index is 2.37. The Hall–Kier alpha value is -1.19. The molecule has 0 radical (unpaired) electrons. The van der Waals surface area contributed by atoms with E-state index < -0.39 is 0 Å². The molecule has 3 heteroatoms. The van der Waals surface area contributed by atoms with Crippen molar-refractivity contribution in [3.8, 4) is 0 Å². The maximum absolute atomic E-state index is 4.38. The molecule has 0 aliphatic carbocycles. The predicted molar refractivity (Wildman–Crippen MR) is 78.2 cm³/mol. The summed E-state index contributed by atoms with van der Waals surface area (Å²) in [7, 11) is 0. The molecule has 0 saturated heterocycles. The van der Waals surface area contributed by atoms with Gasteiger partial charge in [-0.3, -0.25) is 0 Å². The van der Waals surface area contributed by atoms with Crippen molar-refractivity contribution in [2.24, 2.45) is 0 Å². The summed E-state index contributed by atoms with van der Waals surface area (Å²) < 4.78 is 0.